The van der Waals surface area contributed by atoms with Crippen molar-refractivity contribution in [2.45, 2.75) is 396 Å². The monoisotopic (exact) mass is 1680 g/mol. The largest absolute Gasteiger partial charge is 0.462 e. The summed E-state index contributed by atoms with van der Waals surface area (Å²) in [6.07, 6.45) is 11.6. The number of aryl methyl sites for hydroxylation is 1. The lowest BCUT2D eigenvalue weighted by Gasteiger charge is -2.24. The zero-order valence-corrected chi connectivity index (χ0v) is 82.4. The molecular weight excluding hydrogens is 1520 g/mol. The van der Waals surface area contributed by atoms with Crippen LogP contribution in [-0.2, 0) is 81.9 Å². The summed E-state index contributed by atoms with van der Waals surface area (Å²) in [5.41, 5.74) is 4.92. The lowest BCUT2D eigenvalue weighted by molar-refractivity contribution is -0.148. The van der Waals surface area contributed by atoms with Gasteiger partial charge in [-0.3, -0.25) is 19.2 Å². The highest BCUT2D eigenvalue weighted by molar-refractivity contribution is 5.91. The molecule has 0 saturated carbocycles. The molecule has 25 heteroatoms. The predicted octanol–water partition coefficient (Wildman–Crippen LogP) is 20.6. The number of likely N-dealkylation sites (N-methyl/N-ethyl adjacent to an activating group) is 2. The first-order valence-corrected chi connectivity index (χ1v) is 42.7. The Bertz CT molecular complexity index is 3290. The fourth-order valence-electron chi connectivity index (χ4n) is 11.7. The van der Waals surface area contributed by atoms with Crippen molar-refractivity contribution in [3.8, 4) is 0 Å². The first kappa shape index (κ1) is 110. The molecule has 2 amide bonds. The molecule has 0 radical (unpaired) electrons. The molecule has 0 aliphatic carbocycles. The summed E-state index contributed by atoms with van der Waals surface area (Å²) in [6, 6.07) is 0. The van der Waals surface area contributed by atoms with Crippen molar-refractivity contribution in [2.75, 3.05) is 27.2 Å². The number of hydrogen-bond donors (Lipinski definition) is 0. The third-order valence-electron chi connectivity index (χ3n) is 21.4. The third-order valence-corrected chi connectivity index (χ3v) is 21.4. The highest BCUT2D eigenvalue weighted by Crippen LogP contribution is 2.39. The van der Waals surface area contributed by atoms with Gasteiger partial charge in [-0.15, -0.1) is 0 Å². The summed E-state index contributed by atoms with van der Waals surface area (Å²) in [4.78, 5) is 112. The molecule has 6 saturated heterocycles. The molecule has 0 unspecified atom stereocenters. The minimum absolute atomic E-state index is 0.0212. The standard InChI is InChI=1S/4C9H16O2.2C9H14O2.2C8H15NO2.C8H13NO2.2C8H15NO/c6*1-6-5-7(9(2,3)4)11-8(6)10;2*1-8(2,3)6-5-9(4)7(10)11-6;1-6-5-9(8(2,3)4)11-7(6)10;2*1-6-5-7(10-9-6)8(2,3)4/h4*6-7H,5H2,1-4H3;2*5,7H,1-4H3;2*6H,5H2,1-4H3;5H,1-4H3;2*7H,5H2,1-4H3/t2*6-,7+;2*6-,7-;2*7-;2*6-;;2*7-/m10101010.10/s1. The number of nitrogens with zero attached hydrogens (tertiary/aromatic N) is 5. The van der Waals surface area contributed by atoms with Crippen molar-refractivity contribution in [3.63, 3.8) is 0 Å². The van der Waals surface area contributed by atoms with Crippen LogP contribution >= 0.6 is 0 Å². The maximum atomic E-state index is 11.0. The van der Waals surface area contributed by atoms with Crippen LogP contribution in [0, 0.1) is 84.7 Å². The minimum Gasteiger partial charge on any atom is -0.462 e. The smallest absolute Gasteiger partial charge is 0.409 e. The lowest BCUT2D eigenvalue weighted by atomic mass is 9.86. The molecule has 6 fully saturated rings. The van der Waals surface area contributed by atoms with Crippen molar-refractivity contribution >= 4 is 59.4 Å². The molecule has 14 atom stereocenters. The molecule has 0 bridgehead atoms. The summed E-state index contributed by atoms with van der Waals surface area (Å²) < 4.78 is 47.8. The molecule has 1 aromatic rings. The molecular formula is C94H165N5O20. The third kappa shape index (κ3) is 38.4. The van der Waals surface area contributed by atoms with E-state index in [2.05, 4.69) is 218 Å². The number of ether oxygens (including phenoxy) is 8. The SMILES string of the molecule is CC1=C[C@@H](C(C)(C)C)OC1=O.CC1=C[C@H](C(C)(C)C)OC1=O.CC1=NO[C@@H](C(C)(C)C)C1.CC1=NO[C@H](C(C)(C)C)C1.CN1C[C@@H](C(C)(C)C)OC1=O.CN1C[C@H](C(C)(C)C)OC1=O.C[C@@H]1C[C@@H](C(C)(C)C)OC1=O.C[C@@H]1C[C@H](C(C)(C)C)OC1=O.C[C@H]1C[C@@H](C(C)(C)C)OC1=O.C[C@H]1C[C@H](C(C)(C)C)OC1=O.Cc1cn(C(C)(C)C)oc1=O. The number of oxime groups is 2. The molecule has 0 aromatic carbocycles. The number of aromatic nitrogens is 1. The second-order valence-corrected chi connectivity index (χ2v) is 45.7. The molecule has 1 aromatic heterocycles. The highest BCUT2D eigenvalue weighted by Gasteiger charge is 2.44. The Balaban J connectivity index is 0.000000655. The van der Waals surface area contributed by atoms with Crippen LogP contribution in [0.25, 0.3) is 0 Å². The molecule has 0 N–H and O–H groups in total. The number of esters is 6. The van der Waals surface area contributed by atoms with Gasteiger partial charge in [-0.05, 0) is 115 Å². The summed E-state index contributed by atoms with van der Waals surface area (Å²) in [5, 5.41) is 7.80. The van der Waals surface area contributed by atoms with E-state index in [0.29, 0.717) is 18.7 Å². The molecule has 10 aliphatic rings. The van der Waals surface area contributed by atoms with E-state index in [9.17, 15) is 43.2 Å². The van der Waals surface area contributed by atoms with Crippen LogP contribution in [0.1, 0.15) is 328 Å². The molecule has 686 valence electrons. The second kappa shape index (κ2) is 43.2. The Hall–Kier alpha value is -7.21. The van der Waals surface area contributed by atoms with Gasteiger partial charge in [0.25, 0.3) is 0 Å². The molecule has 119 heavy (non-hydrogen) atoms. The van der Waals surface area contributed by atoms with Gasteiger partial charge in [-0.25, -0.2) is 28.7 Å². The molecule has 0 spiro atoms. The maximum absolute atomic E-state index is 11.0. The quantitative estimate of drug-likeness (QED) is 0.172. The van der Waals surface area contributed by atoms with Gasteiger partial charge in [0.05, 0.1) is 59.3 Å². The van der Waals surface area contributed by atoms with E-state index in [0.717, 1.165) is 61.1 Å². The first-order valence-electron chi connectivity index (χ1n) is 42.7. The van der Waals surface area contributed by atoms with E-state index in [1.807, 2.05) is 74.5 Å². The van der Waals surface area contributed by atoms with E-state index in [-0.39, 0.29) is 198 Å². The van der Waals surface area contributed by atoms with Crippen molar-refractivity contribution in [1.29, 1.82) is 0 Å². The van der Waals surface area contributed by atoms with Gasteiger partial charge >= 0.3 is 53.6 Å². The van der Waals surface area contributed by atoms with E-state index in [4.69, 9.17) is 52.1 Å². The molecule has 10 aliphatic heterocycles. The van der Waals surface area contributed by atoms with E-state index in [1.165, 1.54) is 0 Å². The van der Waals surface area contributed by atoms with Crippen molar-refractivity contribution in [3.05, 3.63) is 45.5 Å². The van der Waals surface area contributed by atoms with Gasteiger partial charge in [0.2, 0.25) is 0 Å². The van der Waals surface area contributed by atoms with Crippen LogP contribution < -0.4 is 5.63 Å². The zero-order chi connectivity index (χ0) is 93.4. The lowest BCUT2D eigenvalue weighted by Crippen LogP contribution is -2.29. The van der Waals surface area contributed by atoms with Crippen molar-refractivity contribution in [1.82, 2.24) is 14.5 Å². The highest BCUT2D eigenvalue weighted by atomic mass is 16.7. The summed E-state index contributed by atoms with van der Waals surface area (Å²) in [5.74, 6) is -0.114. The number of carbonyl (C=O) groups excluding carboxylic acids is 8. The molecule has 11 rings (SSSR count). The van der Waals surface area contributed by atoms with Gasteiger partial charge in [0, 0.05) is 76.8 Å². The Kier molecular flexibility index (Phi) is 39.9. The molecule has 25 nitrogen and oxygen atoms in total. The number of hydrogen-bond acceptors (Lipinski definition) is 22. The fraction of sp³-hybridized carbons (Fsp3) is 0.819. The number of amides is 2. The van der Waals surface area contributed by atoms with Gasteiger partial charge in [0.15, 0.2) is 0 Å². The fourth-order valence-corrected chi connectivity index (χ4v) is 11.7. The van der Waals surface area contributed by atoms with Crippen LogP contribution in [0.4, 0.5) is 9.59 Å². The Morgan fingerprint density at radius 2 is 0.555 bits per heavy atom. The van der Waals surface area contributed by atoms with E-state index < -0.39 is 0 Å². The van der Waals surface area contributed by atoms with E-state index >= 15 is 0 Å². The normalized spacial score (nSPS) is 26.7. The predicted molar refractivity (Wildman–Crippen MR) is 470 cm³/mol. The minimum atomic E-state index is -0.250. The summed E-state index contributed by atoms with van der Waals surface area (Å²) in [6.45, 7) is 87.4. The summed E-state index contributed by atoms with van der Waals surface area (Å²) in [7, 11) is 3.52. The Labute approximate surface area is 717 Å². The number of cyclic esters (lactones) is 8. The zero-order valence-electron chi connectivity index (χ0n) is 82.4. The van der Waals surface area contributed by atoms with Gasteiger partial charge < -0.3 is 61.9 Å². The topological polar surface area (TPSA) is 295 Å². The van der Waals surface area contributed by atoms with Crippen LogP contribution in [-0.4, -0.2) is 162 Å². The second-order valence-electron chi connectivity index (χ2n) is 45.7. The summed E-state index contributed by atoms with van der Waals surface area (Å²) >= 11 is 0. The van der Waals surface area contributed by atoms with Crippen LogP contribution in [0.15, 0.2) is 49.1 Å². The van der Waals surface area contributed by atoms with E-state index in [1.54, 1.807) is 55.6 Å². The number of carbonyl (C=O) groups is 8. The van der Waals surface area contributed by atoms with Crippen LogP contribution in [0.5, 0.6) is 0 Å². The van der Waals surface area contributed by atoms with Crippen molar-refractivity contribution < 1.29 is 90.4 Å². The van der Waals surface area contributed by atoms with Gasteiger partial charge in [-0.1, -0.05) is 246 Å². The van der Waals surface area contributed by atoms with Gasteiger partial charge in [-0.2, -0.15) is 0 Å². The average Bonchev–Trinajstić information content (AvgIpc) is 1.71. The molecule has 11 heterocycles. The van der Waals surface area contributed by atoms with Crippen LogP contribution in [0.2, 0.25) is 0 Å². The Morgan fingerprint density at radius 1 is 0.319 bits per heavy atom. The Morgan fingerprint density at radius 3 is 0.639 bits per heavy atom. The van der Waals surface area contributed by atoms with Gasteiger partial charge in [0.1, 0.15) is 61.0 Å². The first-order chi connectivity index (χ1) is 53.2. The maximum Gasteiger partial charge on any atom is 0.409 e. The average molecular weight is 1690 g/mol. The van der Waals surface area contributed by atoms with Crippen LogP contribution in [0.3, 0.4) is 0 Å². The number of rotatable bonds is 0. The van der Waals surface area contributed by atoms with Crippen molar-refractivity contribution in [2.24, 2.45) is 88.1 Å².